The van der Waals surface area contributed by atoms with Crippen LogP contribution < -0.4 is 0 Å². The van der Waals surface area contributed by atoms with E-state index in [1.165, 1.54) is 49.9 Å². The average molecular weight is 471 g/mol. The van der Waals surface area contributed by atoms with Crippen molar-refractivity contribution in [3.05, 3.63) is 60.2 Å². The molecule has 0 bridgehead atoms. The predicted molar refractivity (Wildman–Crippen MR) is 127 cm³/mol. The first kappa shape index (κ1) is 27.1. The number of aromatic nitrogens is 2. The van der Waals surface area contributed by atoms with Crippen LogP contribution in [0, 0.1) is 0 Å². The summed E-state index contributed by atoms with van der Waals surface area (Å²) in [7, 11) is 4.37. The van der Waals surface area contributed by atoms with E-state index in [0.29, 0.717) is 12.1 Å². The summed E-state index contributed by atoms with van der Waals surface area (Å²) >= 11 is 0. The lowest BCUT2D eigenvalue weighted by atomic mass is 10.1. The van der Waals surface area contributed by atoms with E-state index in [0.717, 1.165) is 0 Å². The molecule has 2 saturated heterocycles. The molecule has 2 atom stereocenters. The standard InChI is InChI=1S/2C10H14N2.C5H6O5/c2*1-12-7-3-5-10(12)9-4-2-6-11-8-9;6-3(5(9)10)1-2-4(7)8/h2*2,4,6,8,10H,3,5,7H2,1H3;1-2H2,(H,7,8)(H,9,10). The largest absolute Gasteiger partial charge is 0.481 e. The molecule has 2 N–H and O–H groups in total. The molecule has 0 aliphatic carbocycles. The van der Waals surface area contributed by atoms with E-state index in [9.17, 15) is 14.4 Å². The van der Waals surface area contributed by atoms with Crippen LogP contribution in [0.4, 0.5) is 0 Å². The highest BCUT2D eigenvalue weighted by molar-refractivity contribution is 6.32. The highest BCUT2D eigenvalue weighted by atomic mass is 16.4. The van der Waals surface area contributed by atoms with Crippen LogP contribution in [0.5, 0.6) is 0 Å². The maximum absolute atomic E-state index is 10.2. The van der Waals surface area contributed by atoms with E-state index in [1.807, 2.05) is 36.9 Å². The van der Waals surface area contributed by atoms with Crippen LogP contribution in [0.3, 0.4) is 0 Å². The summed E-state index contributed by atoms with van der Waals surface area (Å²) in [6.07, 6.45) is 11.9. The zero-order valence-electron chi connectivity index (χ0n) is 19.8. The van der Waals surface area contributed by atoms with Crippen molar-refractivity contribution in [2.75, 3.05) is 27.2 Å². The lowest BCUT2D eigenvalue weighted by molar-refractivity contribution is -0.149. The van der Waals surface area contributed by atoms with Crippen molar-refractivity contribution < 1.29 is 24.6 Å². The number of carbonyl (C=O) groups is 3. The molecule has 2 aliphatic heterocycles. The smallest absolute Gasteiger partial charge is 0.372 e. The highest BCUT2D eigenvalue weighted by Crippen LogP contribution is 2.30. The summed E-state index contributed by atoms with van der Waals surface area (Å²) in [6.45, 7) is 2.44. The third-order valence-corrected chi connectivity index (χ3v) is 5.98. The van der Waals surface area contributed by atoms with Crippen molar-refractivity contribution in [2.24, 2.45) is 0 Å². The van der Waals surface area contributed by atoms with E-state index in [-0.39, 0.29) is 0 Å². The third-order valence-electron chi connectivity index (χ3n) is 5.98. The van der Waals surface area contributed by atoms with E-state index < -0.39 is 30.6 Å². The Balaban J connectivity index is 0.000000182. The molecule has 2 aromatic heterocycles. The molecule has 0 saturated carbocycles. The number of hydrogen-bond acceptors (Lipinski definition) is 7. The number of pyridine rings is 2. The molecule has 0 spiro atoms. The molecule has 2 fully saturated rings. The Morgan fingerprint density at radius 2 is 1.32 bits per heavy atom. The molecule has 2 aliphatic rings. The molecule has 184 valence electrons. The second-order valence-corrected chi connectivity index (χ2v) is 8.47. The Morgan fingerprint density at radius 1 is 0.853 bits per heavy atom. The van der Waals surface area contributed by atoms with E-state index in [2.05, 4.69) is 46.0 Å². The minimum absolute atomic E-state index is 0.425. The summed E-state index contributed by atoms with van der Waals surface area (Å²) in [5.41, 5.74) is 2.72. The highest BCUT2D eigenvalue weighted by Gasteiger charge is 2.22. The van der Waals surface area contributed by atoms with Gasteiger partial charge in [-0.2, -0.15) is 0 Å². The van der Waals surface area contributed by atoms with Gasteiger partial charge < -0.3 is 10.2 Å². The van der Waals surface area contributed by atoms with E-state index >= 15 is 0 Å². The summed E-state index contributed by atoms with van der Waals surface area (Å²) < 4.78 is 0. The molecule has 9 nitrogen and oxygen atoms in total. The predicted octanol–water partition coefficient (Wildman–Crippen LogP) is 3.20. The fourth-order valence-corrected chi connectivity index (χ4v) is 4.14. The second-order valence-electron chi connectivity index (χ2n) is 8.47. The maximum Gasteiger partial charge on any atom is 0.372 e. The Bertz CT molecular complexity index is 855. The van der Waals surface area contributed by atoms with Gasteiger partial charge in [-0.15, -0.1) is 0 Å². The molecular weight excluding hydrogens is 436 g/mol. The summed E-state index contributed by atoms with van der Waals surface area (Å²) in [4.78, 5) is 42.8. The first-order valence-electron chi connectivity index (χ1n) is 11.5. The van der Waals surface area contributed by atoms with Crippen LogP contribution in [-0.4, -0.2) is 74.9 Å². The quantitative estimate of drug-likeness (QED) is 0.612. The van der Waals surface area contributed by atoms with E-state index in [1.54, 1.807) is 0 Å². The van der Waals surface area contributed by atoms with Gasteiger partial charge in [-0.1, -0.05) is 12.1 Å². The first-order chi connectivity index (χ1) is 16.3. The molecule has 0 amide bonds. The minimum Gasteiger partial charge on any atom is -0.481 e. The van der Waals surface area contributed by atoms with Gasteiger partial charge in [-0.05, 0) is 76.1 Å². The minimum atomic E-state index is -1.58. The number of hydrogen-bond donors (Lipinski definition) is 2. The number of likely N-dealkylation sites (tertiary alicyclic amines) is 2. The number of ketones is 1. The second kappa shape index (κ2) is 14.2. The normalized spacial score (nSPS) is 19.9. The van der Waals surface area contributed by atoms with Crippen LogP contribution in [0.25, 0.3) is 0 Å². The van der Waals surface area contributed by atoms with Crippen molar-refractivity contribution in [1.82, 2.24) is 19.8 Å². The molecule has 34 heavy (non-hydrogen) atoms. The number of carbonyl (C=O) groups excluding carboxylic acids is 1. The van der Waals surface area contributed by atoms with Gasteiger partial charge in [0.1, 0.15) is 0 Å². The molecular formula is C25H34N4O5. The maximum atomic E-state index is 10.2. The van der Waals surface area contributed by atoms with Gasteiger partial charge in [0.05, 0.1) is 6.42 Å². The van der Waals surface area contributed by atoms with Gasteiger partial charge >= 0.3 is 11.9 Å². The number of Topliss-reactive ketones (excluding diaryl/α,β-unsaturated/α-hetero) is 1. The van der Waals surface area contributed by atoms with Gasteiger partial charge in [0.15, 0.2) is 0 Å². The molecule has 9 heteroatoms. The van der Waals surface area contributed by atoms with Gasteiger partial charge in [-0.3, -0.25) is 29.4 Å². The lowest BCUT2D eigenvalue weighted by Crippen LogP contribution is -2.17. The fourth-order valence-electron chi connectivity index (χ4n) is 4.14. The third kappa shape index (κ3) is 8.99. The number of carboxylic acid groups (broad SMARTS) is 2. The van der Waals surface area contributed by atoms with E-state index in [4.69, 9.17) is 10.2 Å². The topological polar surface area (TPSA) is 124 Å². The lowest BCUT2D eigenvalue weighted by Gasteiger charge is -2.18. The molecule has 2 unspecified atom stereocenters. The zero-order valence-corrected chi connectivity index (χ0v) is 19.8. The summed E-state index contributed by atoms with van der Waals surface area (Å²) in [5.74, 6) is -3.82. The Morgan fingerprint density at radius 3 is 1.62 bits per heavy atom. The molecule has 0 aromatic carbocycles. The van der Waals surface area contributed by atoms with Crippen molar-refractivity contribution in [3.8, 4) is 0 Å². The van der Waals surface area contributed by atoms with Crippen LogP contribution in [-0.2, 0) is 14.4 Å². The fraction of sp³-hybridized carbons (Fsp3) is 0.480. The number of aliphatic carboxylic acids is 2. The average Bonchev–Trinajstić information content (AvgIpc) is 3.47. The van der Waals surface area contributed by atoms with Crippen molar-refractivity contribution in [1.29, 1.82) is 0 Å². The van der Waals surface area contributed by atoms with Crippen molar-refractivity contribution in [3.63, 3.8) is 0 Å². The first-order valence-corrected chi connectivity index (χ1v) is 11.5. The number of rotatable bonds is 6. The van der Waals surface area contributed by atoms with Gasteiger partial charge in [0.25, 0.3) is 0 Å². The SMILES string of the molecule is CN1CCCC1c1cccnc1.CN1CCCC1c1cccnc1.O=C(O)CCC(=O)C(=O)O. The van der Waals surface area contributed by atoms with Crippen LogP contribution in [0.2, 0.25) is 0 Å². The van der Waals surface area contributed by atoms with Gasteiger partial charge in [0, 0.05) is 43.3 Å². The van der Waals surface area contributed by atoms with Crippen LogP contribution >= 0.6 is 0 Å². The zero-order chi connectivity index (χ0) is 24.9. The Hall–Kier alpha value is -3.17. The summed E-state index contributed by atoms with van der Waals surface area (Å²) in [5, 5.41) is 16.0. The molecule has 4 heterocycles. The van der Waals surface area contributed by atoms with Crippen molar-refractivity contribution >= 4 is 17.7 Å². The Labute approximate surface area is 200 Å². The van der Waals surface area contributed by atoms with Crippen molar-refractivity contribution in [2.45, 2.75) is 50.6 Å². The van der Waals surface area contributed by atoms with Gasteiger partial charge in [0.2, 0.25) is 5.78 Å². The van der Waals surface area contributed by atoms with Crippen LogP contribution in [0.15, 0.2) is 49.1 Å². The molecule has 0 radical (unpaired) electrons. The molecule has 4 rings (SSSR count). The molecule has 2 aromatic rings. The number of carboxylic acids is 2. The summed E-state index contributed by atoms with van der Waals surface area (Å²) in [6, 6.07) is 9.58. The monoisotopic (exact) mass is 470 g/mol. The van der Waals surface area contributed by atoms with Crippen LogP contribution in [0.1, 0.15) is 61.7 Å². The number of nitrogens with zero attached hydrogens (tertiary/aromatic N) is 4. The Kier molecular flexibility index (Phi) is 11.3. The van der Waals surface area contributed by atoms with Gasteiger partial charge in [-0.25, -0.2) is 4.79 Å².